The molecule has 0 saturated carbocycles. The van der Waals surface area contributed by atoms with E-state index in [0.29, 0.717) is 13.0 Å². The van der Waals surface area contributed by atoms with Gasteiger partial charge in [-0.1, -0.05) is 0 Å². The number of aliphatic imine (C=N–C) groups is 1. The number of guanidine groups is 1. The summed E-state index contributed by atoms with van der Waals surface area (Å²) in [5.74, 6) is 1.58. The van der Waals surface area contributed by atoms with Crippen LogP contribution in [0.4, 0.5) is 0 Å². The predicted octanol–water partition coefficient (Wildman–Crippen LogP) is 1.72. The van der Waals surface area contributed by atoms with E-state index in [0.717, 1.165) is 44.1 Å². The summed E-state index contributed by atoms with van der Waals surface area (Å²) in [5.41, 5.74) is 0. The van der Waals surface area contributed by atoms with Crippen molar-refractivity contribution in [2.75, 3.05) is 26.7 Å². The van der Waals surface area contributed by atoms with Gasteiger partial charge in [-0.05, 0) is 31.9 Å². The van der Waals surface area contributed by atoms with Crippen LogP contribution in [0.1, 0.15) is 31.9 Å². The molecule has 0 radical (unpaired) electrons. The van der Waals surface area contributed by atoms with Crippen LogP contribution in [0.2, 0.25) is 0 Å². The van der Waals surface area contributed by atoms with E-state index in [1.54, 1.807) is 6.26 Å². The first-order valence-electron chi connectivity index (χ1n) is 7.37. The van der Waals surface area contributed by atoms with E-state index < -0.39 is 0 Å². The van der Waals surface area contributed by atoms with E-state index in [-0.39, 0.29) is 5.97 Å². The number of esters is 1. The first-order chi connectivity index (χ1) is 10.3. The number of unbranched alkanes of at least 4 members (excludes halogenated alkanes) is 1. The van der Waals surface area contributed by atoms with Crippen LogP contribution >= 0.6 is 0 Å². The van der Waals surface area contributed by atoms with Crippen molar-refractivity contribution in [3.8, 4) is 0 Å². The van der Waals surface area contributed by atoms with Gasteiger partial charge >= 0.3 is 5.97 Å². The Morgan fingerprint density at radius 2 is 2.24 bits per heavy atom. The highest BCUT2D eigenvalue weighted by molar-refractivity contribution is 5.79. The van der Waals surface area contributed by atoms with Crippen molar-refractivity contribution < 1.29 is 13.9 Å². The Balaban J connectivity index is 2.20. The number of hydrogen-bond acceptors (Lipinski definition) is 4. The molecule has 21 heavy (non-hydrogen) atoms. The third kappa shape index (κ3) is 8.02. The van der Waals surface area contributed by atoms with E-state index in [9.17, 15) is 4.79 Å². The lowest BCUT2D eigenvalue weighted by atomic mass is 10.2. The molecule has 0 aromatic carbocycles. The van der Waals surface area contributed by atoms with Crippen LogP contribution in [-0.4, -0.2) is 38.7 Å². The minimum absolute atomic E-state index is 0.164. The number of carbonyl (C=O) groups excluding carboxylic acids is 1. The normalized spacial score (nSPS) is 11.2. The molecule has 0 amide bonds. The van der Waals surface area contributed by atoms with Gasteiger partial charge in [0.1, 0.15) is 5.76 Å². The van der Waals surface area contributed by atoms with Gasteiger partial charge in [-0.25, -0.2) is 0 Å². The summed E-state index contributed by atoms with van der Waals surface area (Å²) in [4.78, 5) is 15.4. The number of nitrogens with one attached hydrogen (secondary N) is 2. The summed E-state index contributed by atoms with van der Waals surface area (Å²) in [6.07, 6.45) is 4.61. The molecular formula is C15H25N3O3. The maximum Gasteiger partial charge on any atom is 0.305 e. The number of methoxy groups -OCH3 is 1. The molecule has 6 heteroatoms. The summed E-state index contributed by atoms with van der Waals surface area (Å²) in [6, 6.07) is 3.84. The van der Waals surface area contributed by atoms with Crippen molar-refractivity contribution in [3.63, 3.8) is 0 Å². The zero-order valence-corrected chi connectivity index (χ0v) is 12.9. The first-order valence-corrected chi connectivity index (χ1v) is 7.37. The van der Waals surface area contributed by atoms with Crippen molar-refractivity contribution in [2.24, 2.45) is 4.99 Å². The zero-order valence-electron chi connectivity index (χ0n) is 12.9. The van der Waals surface area contributed by atoms with Crippen LogP contribution in [0.3, 0.4) is 0 Å². The van der Waals surface area contributed by atoms with Crippen molar-refractivity contribution >= 4 is 11.9 Å². The van der Waals surface area contributed by atoms with Crippen LogP contribution in [0.15, 0.2) is 27.8 Å². The zero-order chi connectivity index (χ0) is 15.3. The maximum absolute atomic E-state index is 11.0. The molecule has 118 valence electrons. The van der Waals surface area contributed by atoms with Gasteiger partial charge in [0, 0.05) is 32.5 Å². The molecule has 0 unspecified atom stereocenters. The quantitative estimate of drug-likeness (QED) is 0.314. The summed E-state index contributed by atoms with van der Waals surface area (Å²) in [7, 11) is 1.41. The van der Waals surface area contributed by atoms with Gasteiger partial charge in [0.05, 0.1) is 13.4 Å². The van der Waals surface area contributed by atoms with E-state index in [4.69, 9.17) is 4.42 Å². The molecule has 0 aliphatic carbocycles. The molecule has 0 fully saturated rings. The molecule has 0 bridgehead atoms. The van der Waals surface area contributed by atoms with Gasteiger partial charge in [0.2, 0.25) is 0 Å². The number of nitrogens with zero attached hydrogens (tertiary/aromatic N) is 1. The monoisotopic (exact) mass is 295 g/mol. The first kappa shape index (κ1) is 17.1. The molecule has 0 atom stereocenters. The Labute approximate surface area is 126 Å². The Bertz CT molecular complexity index is 416. The second-order valence-electron chi connectivity index (χ2n) is 4.55. The number of furan rings is 1. The second-order valence-corrected chi connectivity index (χ2v) is 4.55. The molecule has 0 aliphatic rings. The SMILES string of the molecule is CCNC(=NCCCCC(=O)OC)NCCc1ccco1. The fourth-order valence-corrected chi connectivity index (χ4v) is 1.77. The third-order valence-corrected chi connectivity index (χ3v) is 2.87. The summed E-state index contributed by atoms with van der Waals surface area (Å²) in [5, 5.41) is 6.45. The van der Waals surface area contributed by atoms with Crippen LogP contribution < -0.4 is 10.6 Å². The van der Waals surface area contributed by atoms with E-state index >= 15 is 0 Å². The fourth-order valence-electron chi connectivity index (χ4n) is 1.77. The van der Waals surface area contributed by atoms with E-state index in [1.807, 2.05) is 19.1 Å². The minimum Gasteiger partial charge on any atom is -0.469 e. The second kappa shape index (κ2) is 10.8. The maximum atomic E-state index is 11.0. The Morgan fingerprint density at radius 3 is 2.90 bits per heavy atom. The van der Waals surface area contributed by atoms with Crippen LogP contribution in [-0.2, 0) is 16.0 Å². The topological polar surface area (TPSA) is 75.9 Å². The van der Waals surface area contributed by atoms with E-state index in [1.165, 1.54) is 7.11 Å². The molecule has 1 rings (SSSR count). The standard InChI is InChI=1S/C15H25N3O3/c1-3-16-15(17-10-5-4-8-14(19)20-2)18-11-9-13-7-6-12-21-13/h6-7,12H,3-5,8-11H2,1-2H3,(H2,16,17,18). The minimum atomic E-state index is -0.164. The van der Waals surface area contributed by atoms with Crippen LogP contribution in [0.25, 0.3) is 0 Å². The number of carbonyl (C=O) groups is 1. The highest BCUT2D eigenvalue weighted by Crippen LogP contribution is 2.00. The van der Waals surface area contributed by atoms with Crippen LogP contribution in [0, 0.1) is 0 Å². The predicted molar refractivity (Wildman–Crippen MR) is 82.3 cm³/mol. The average Bonchev–Trinajstić information content (AvgIpc) is 2.99. The summed E-state index contributed by atoms with van der Waals surface area (Å²) in [6.45, 7) is 4.30. The lowest BCUT2D eigenvalue weighted by Crippen LogP contribution is -2.38. The summed E-state index contributed by atoms with van der Waals surface area (Å²) < 4.78 is 9.87. The fraction of sp³-hybridized carbons (Fsp3) is 0.600. The molecule has 2 N–H and O–H groups in total. The lowest BCUT2D eigenvalue weighted by molar-refractivity contribution is -0.140. The smallest absolute Gasteiger partial charge is 0.305 e. The Hall–Kier alpha value is -1.98. The number of rotatable bonds is 9. The van der Waals surface area contributed by atoms with Gasteiger partial charge in [-0.15, -0.1) is 0 Å². The number of hydrogen-bond donors (Lipinski definition) is 2. The van der Waals surface area contributed by atoms with Gasteiger partial charge in [0.15, 0.2) is 5.96 Å². The van der Waals surface area contributed by atoms with Gasteiger partial charge in [-0.2, -0.15) is 0 Å². The molecule has 6 nitrogen and oxygen atoms in total. The molecule has 1 aromatic rings. The molecule has 0 saturated heterocycles. The molecule has 0 spiro atoms. The van der Waals surface area contributed by atoms with E-state index in [2.05, 4.69) is 20.4 Å². The van der Waals surface area contributed by atoms with Crippen LogP contribution in [0.5, 0.6) is 0 Å². The van der Waals surface area contributed by atoms with Gasteiger partial charge in [0.25, 0.3) is 0 Å². The number of ether oxygens (including phenoxy) is 1. The Morgan fingerprint density at radius 1 is 1.38 bits per heavy atom. The van der Waals surface area contributed by atoms with Crippen molar-refractivity contribution in [2.45, 2.75) is 32.6 Å². The summed E-state index contributed by atoms with van der Waals surface area (Å²) >= 11 is 0. The van der Waals surface area contributed by atoms with Crippen molar-refractivity contribution in [1.29, 1.82) is 0 Å². The highest BCUT2D eigenvalue weighted by Gasteiger charge is 2.01. The Kier molecular flexibility index (Phi) is 8.75. The molecular weight excluding hydrogens is 270 g/mol. The largest absolute Gasteiger partial charge is 0.469 e. The van der Waals surface area contributed by atoms with Crippen molar-refractivity contribution in [1.82, 2.24) is 10.6 Å². The molecule has 1 heterocycles. The lowest BCUT2D eigenvalue weighted by Gasteiger charge is -2.10. The third-order valence-electron chi connectivity index (χ3n) is 2.87. The highest BCUT2D eigenvalue weighted by atomic mass is 16.5. The van der Waals surface area contributed by atoms with Gasteiger partial charge in [-0.3, -0.25) is 9.79 Å². The van der Waals surface area contributed by atoms with Gasteiger partial charge < -0.3 is 19.8 Å². The molecule has 1 aromatic heterocycles. The average molecular weight is 295 g/mol. The van der Waals surface area contributed by atoms with Crippen molar-refractivity contribution in [3.05, 3.63) is 24.2 Å². The molecule has 0 aliphatic heterocycles.